The molecule has 4 aromatic carbocycles. The molecule has 2 aliphatic rings. The van der Waals surface area contributed by atoms with E-state index in [9.17, 15) is 0 Å². The van der Waals surface area contributed by atoms with Crippen molar-refractivity contribution in [3.63, 3.8) is 0 Å². The number of benzene rings is 4. The number of hydrogen-bond acceptors (Lipinski definition) is 0. The molecule has 0 saturated heterocycles. The molecule has 0 heterocycles. The fourth-order valence-electron chi connectivity index (χ4n) is 5.20. The summed E-state index contributed by atoms with van der Waals surface area (Å²) in [7, 11) is 0. The summed E-state index contributed by atoms with van der Waals surface area (Å²) in [5, 5.41) is 2.69. The van der Waals surface area contributed by atoms with Crippen molar-refractivity contribution in [2.45, 2.75) is 25.7 Å². The van der Waals surface area contributed by atoms with Gasteiger partial charge in [0.25, 0.3) is 0 Å². The third-order valence-electron chi connectivity index (χ3n) is 6.33. The Morgan fingerprint density at radius 3 is 2.31 bits per heavy atom. The summed E-state index contributed by atoms with van der Waals surface area (Å²) in [6, 6.07) is 27.4. The van der Waals surface area contributed by atoms with Crippen LogP contribution < -0.4 is 0 Å². The normalized spacial score (nSPS) is 16.3. The van der Waals surface area contributed by atoms with Crippen LogP contribution in [0.15, 0.2) is 72.8 Å². The van der Waals surface area contributed by atoms with Gasteiger partial charge in [-0.2, -0.15) is 0 Å². The van der Waals surface area contributed by atoms with E-state index in [0.29, 0.717) is 5.92 Å². The first-order chi connectivity index (χ1) is 12.8. The van der Waals surface area contributed by atoms with Gasteiger partial charge < -0.3 is 0 Å². The van der Waals surface area contributed by atoms with Gasteiger partial charge in [-0.3, -0.25) is 0 Å². The van der Waals surface area contributed by atoms with Crippen molar-refractivity contribution in [1.29, 1.82) is 0 Å². The van der Waals surface area contributed by atoms with Gasteiger partial charge in [0.1, 0.15) is 0 Å². The molecule has 4 aromatic rings. The zero-order valence-electron chi connectivity index (χ0n) is 14.9. The van der Waals surface area contributed by atoms with Crippen molar-refractivity contribution in [2.75, 3.05) is 0 Å². The molecule has 0 amide bonds. The molecule has 0 aromatic heterocycles. The van der Waals surface area contributed by atoms with E-state index < -0.39 is 0 Å². The van der Waals surface area contributed by atoms with Crippen LogP contribution in [0.5, 0.6) is 0 Å². The van der Waals surface area contributed by atoms with Crippen LogP contribution in [0.1, 0.15) is 41.5 Å². The van der Waals surface area contributed by atoms with Crippen LogP contribution in [-0.2, 0) is 6.42 Å². The lowest BCUT2D eigenvalue weighted by molar-refractivity contribution is 0.797. The smallest absolute Gasteiger partial charge is 0.00992 e. The Labute approximate surface area is 154 Å². The van der Waals surface area contributed by atoms with Gasteiger partial charge in [-0.25, -0.2) is 0 Å². The average Bonchev–Trinajstić information content (AvgIpc) is 3.20. The number of rotatable bonds is 1. The van der Waals surface area contributed by atoms with E-state index in [1.807, 2.05) is 0 Å². The van der Waals surface area contributed by atoms with Crippen molar-refractivity contribution in [2.24, 2.45) is 0 Å². The quantitative estimate of drug-likeness (QED) is 0.312. The van der Waals surface area contributed by atoms with Gasteiger partial charge in [-0.15, -0.1) is 0 Å². The second-order valence-electron chi connectivity index (χ2n) is 7.65. The minimum absolute atomic E-state index is 0.538. The van der Waals surface area contributed by atoms with E-state index in [-0.39, 0.29) is 0 Å². The topological polar surface area (TPSA) is 0 Å². The Bertz CT molecular complexity index is 1200. The maximum atomic E-state index is 2.42. The largest absolute Gasteiger partial charge is 0.0645 e. The number of fused-ring (bicyclic) bond motifs is 8. The third kappa shape index (κ3) is 1.74. The Kier molecular flexibility index (Phi) is 2.80. The first-order valence-corrected chi connectivity index (χ1v) is 9.62. The van der Waals surface area contributed by atoms with Gasteiger partial charge in [-0.1, -0.05) is 73.7 Å². The molecule has 1 unspecified atom stereocenters. The Morgan fingerprint density at radius 2 is 1.46 bits per heavy atom. The van der Waals surface area contributed by atoms with Crippen LogP contribution in [0.3, 0.4) is 0 Å². The van der Waals surface area contributed by atoms with Gasteiger partial charge >= 0.3 is 0 Å². The monoisotopic (exact) mass is 332 g/mol. The van der Waals surface area contributed by atoms with E-state index >= 15 is 0 Å². The van der Waals surface area contributed by atoms with Crippen molar-refractivity contribution in [1.82, 2.24) is 0 Å². The second kappa shape index (κ2) is 5.08. The van der Waals surface area contributed by atoms with Crippen molar-refractivity contribution >= 4 is 10.8 Å². The maximum Gasteiger partial charge on any atom is 0.00992 e. The zero-order valence-corrected chi connectivity index (χ0v) is 14.9. The summed E-state index contributed by atoms with van der Waals surface area (Å²) >= 11 is 0. The van der Waals surface area contributed by atoms with E-state index in [2.05, 4.69) is 79.7 Å². The zero-order chi connectivity index (χ0) is 17.3. The molecule has 0 spiro atoms. The summed E-state index contributed by atoms with van der Waals surface area (Å²) < 4.78 is 0. The minimum Gasteiger partial charge on any atom is -0.0645 e. The molecule has 0 bridgehead atoms. The van der Waals surface area contributed by atoms with E-state index in [1.54, 1.807) is 0 Å². The highest BCUT2D eigenvalue weighted by Gasteiger charge is 2.33. The first kappa shape index (κ1) is 14.3. The van der Waals surface area contributed by atoms with E-state index in [0.717, 1.165) is 12.8 Å². The molecule has 0 radical (unpaired) electrons. The standard InChI is InChI=1S/C26H20/c1-2-20-21-9-5-6-10-22(21)26-23(20)12-11-18-14-19-13-16-7-3-4-8-17(16)15-24(19)25(18)26/h3-13,15,20H,2,14H2,1H3. The predicted octanol–water partition coefficient (Wildman–Crippen LogP) is 6.93. The van der Waals surface area contributed by atoms with Gasteiger partial charge in [0.15, 0.2) is 0 Å². The molecule has 0 saturated carbocycles. The van der Waals surface area contributed by atoms with Crippen LogP contribution in [0.2, 0.25) is 0 Å². The lowest BCUT2D eigenvalue weighted by Crippen LogP contribution is -1.94. The van der Waals surface area contributed by atoms with Crippen LogP contribution in [0.25, 0.3) is 33.0 Å². The molecule has 6 rings (SSSR count). The molecule has 26 heavy (non-hydrogen) atoms. The molecule has 0 heteroatoms. The Balaban J connectivity index is 1.70. The molecule has 0 N–H and O–H groups in total. The molecule has 2 aliphatic carbocycles. The van der Waals surface area contributed by atoms with Crippen LogP contribution in [0.4, 0.5) is 0 Å². The molecule has 124 valence electrons. The summed E-state index contributed by atoms with van der Waals surface area (Å²) in [6.07, 6.45) is 2.22. The lowest BCUT2D eigenvalue weighted by Gasteiger charge is -2.13. The highest BCUT2D eigenvalue weighted by atomic mass is 14.4. The molecule has 1 atom stereocenters. The van der Waals surface area contributed by atoms with Crippen molar-refractivity contribution in [3.05, 3.63) is 95.1 Å². The lowest BCUT2D eigenvalue weighted by atomic mass is 9.91. The van der Waals surface area contributed by atoms with E-state index in [4.69, 9.17) is 0 Å². The van der Waals surface area contributed by atoms with E-state index in [1.165, 1.54) is 55.3 Å². The molecular formula is C26H20. The fraction of sp³-hybridized carbons (Fsp3) is 0.154. The Hall–Kier alpha value is -2.86. The summed E-state index contributed by atoms with van der Waals surface area (Å²) in [6.45, 7) is 2.31. The van der Waals surface area contributed by atoms with Crippen molar-refractivity contribution < 1.29 is 0 Å². The maximum absolute atomic E-state index is 2.42. The predicted molar refractivity (Wildman–Crippen MR) is 110 cm³/mol. The molecular weight excluding hydrogens is 312 g/mol. The van der Waals surface area contributed by atoms with Gasteiger partial charge in [0.2, 0.25) is 0 Å². The van der Waals surface area contributed by atoms with Gasteiger partial charge in [0.05, 0.1) is 0 Å². The fourth-order valence-corrected chi connectivity index (χ4v) is 5.20. The average molecular weight is 332 g/mol. The highest BCUT2D eigenvalue weighted by Crippen LogP contribution is 2.54. The minimum atomic E-state index is 0.538. The Morgan fingerprint density at radius 1 is 0.692 bits per heavy atom. The molecule has 0 aliphatic heterocycles. The van der Waals surface area contributed by atoms with Gasteiger partial charge in [-0.05, 0) is 74.2 Å². The van der Waals surface area contributed by atoms with Crippen LogP contribution in [-0.4, -0.2) is 0 Å². The third-order valence-corrected chi connectivity index (χ3v) is 6.33. The van der Waals surface area contributed by atoms with Crippen LogP contribution >= 0.6 is 0 Å². The first-order valence-electron chi connectivity index (χ1n) is 9.62. The van der Waals surface area contributed by atoms with Crippen molar-refractivity contribution in [3.8, 4) is 22.3 Å². The summed E-state index contributed by atoms with van der Waals surface area (Å²) in [5.41, 5.74) is 11.9. The summed E-state index contributed by atoms with van der Waals surface area (Å²) in [5.74, 6) is 0.538. The van der Waals surface area contributed by atoms with Gasteiger partial charge in [0, 0.05) is 5.92 Å². The second-order valence-corrected chi connectivity index (χ2v) is 7.65. The summed E-state index contributed by atoms with van der Waals surface area (Å²) in [4.78, 5) is 0. The molecule has 0 nitrogen and oxygen atoms in total. The molecule has 0 fully saturated rings. The SMILES string of the molecule is CCC1c2ccccc2-c2c1ccc1c2-c2cc3ccccc3cc2C1. The number of hydrogen-bond donors (Lipinski definition) is 0. The highest BCUT2D eigenvalue weighted by molar-refractivity contribution is 5.99. The van der Waals surface area contributed by atoms with Crippen LogP contribution in [0, 0.1) is 0 Å².